The van der Waals surface area contributed by atoms with Crippen LogP contribution in [0.4, 0.5) is 0 Å². The summed E-state index contributed by atoms with van der Waals surface area (Å²) in [5.74, 6) is 0.620. The SMILES string of the molecule is C=CC[C@@H]1CN(C)CCC1=O. The minimum absolute atomic E-state index is 0.214. The van der Waals surface area contributed by atoms with Crippen LogP contribution >= 0.6 is 0 Å². The average molecular weight is 153 g/mol. The number of allylic oxidation sites excluding steroid dienone is 1. The van der Waals surface area contributed by atoms with Crippen molar-refractivity contribution in [2.45, 2.75) is 12.8 Å². The summed E-state index contributed by atoms with van der Waals surface area (Å²) in [7, 11) is 2.06. The highest BCUT2D eigenvalue weighted by molar-refractivity contribution is 5.82. The predicted octanol–water partition coefficient (Wildman–Crippen LogP) is 1.08. The molecule has 1 aliphatic heterocycles. The largest absolute Gasteiger partial charge is 0.305 e. The second-order valence-corrected chi connectivity index (χ2v) is 3.20. The highest BCUT2D eigenvalue weighted by atomic mass is 16.1. The highest BCUT2D eigenvalue weighted by Crippen LogP contribution is 2.14. The van der Waals surface area contributed by atoms with Crippen LogP contribution in [0.5, 0.6) is 0 Å². The molecule has 1 aliphatic rings. The molecule has 2 heteroatoms. The van der Waals surface area contributed by atoms with E-state index in [1.165, 1.54) is 0 Å². The number of carbonyl (C=O) groups is 1. The molecular weight excluding hydrogens is 138 g/mol. The van der Waals surface area contributed by atoms with E-state index in [-0.39, 0.29) is 5.92 Å². The zero-order chi connectivity index (χ0) is 8.27. The molecule has 0 saturated carbocycles. The molecule has 1 fully saturated rings. The van der Waals surface area contributed by atoms with Gasteiger partial charge in [-0.15, -0.1) is 6.58 Å². The summed E-state index contributed by atoms with van der Waals surface area (Å²) < 4.78 is 0. The number of piperidine rings is 1. The minimum Gasteiger partial charge on any atom is -0.305 e. The van der Waals surface area contributed by atoms with E-state index in [1.54, 1.807) is 0 Å². The third kappa shape index (κ3) is 2.15. The lowest BCUT2D eigenvalue weighted by molar-refractivity contribution is -0.125. The van der Waals surface area contributed by atoms with Crippen LogP contribution < -0.4 is 0 Å². The van der Waals surface area contributed by atoms with Crippen LogP contribution in [0.2, 0.25) is 0 Å². The van der Waals surface area contributed by atoms with Crippen LogP contribution in [0.15, 0.2) is 12.7 Å². The summed E-state index contributed by atoms with van der Waals surface area (Å²) in [5.41, 5.74) is 0. The number of likely N-dealkylation sites (tertiary alicyclic amines) is 1. The van der Waals surface area contributed by atoms with Gasteiger partial charge >= 0.3 is 0 Å². The van der Waals surface area contributed by atoms with Gasteiger partial charge in [-0.25, -0.2) is 0 Å². The average Bonchev–Trinajstić information content (AvgIpc) is 1.98. The summed E-state index contributed by atoms with van der Waals surface area (Å²) in [6, 6.07) is 0. The van der Waals surface area contributed by atoms with Gasteiger partial charge in [-0.1, -0.05) is 6.08 Å². The van der Waals surface area contributed by atoms with Gasteiger partial charge in [0.25, 0.3) is 0 Å². The summed E-state index contributed by atoms with van der Waals surface area (Å²) in [6.07, 6.45) is 3.39. The number of hydrogen-bond donors (Lipinski definition) is 0. The Bertz CT molecular complexity index is 165. The van der Waals surface area contributed by atoms with E-state index in [9.17, 15) is 4.79 Å². The molecule has 0 aromatic rings. The van der Waals surface area contributed by atoms with Crippen LogP contribution in [0.3, 0.4) is 0 Å². The molecule has 2 nitrogen and oxygen atoms in total. The first-order valence-corrected chi connectivity index (χ1v) is 4.06. The number of carbonyl (C=O) groups excluding carboxylic acids is 1. The molecule has 0 amide bonds. The third-order valence-electron chi connectivity index (χ3n) is 2.18. The quantitative estimate of drug-likeness (QED) is 0.553. The summed E-state index contributed by atoms with van der Waals surface area (Å²) in [4.78, 5) is 13.5. The van der Waals surface area contributed by atoms with Crippen molar-refractivity contribution in [2.75, 3.05) is 20.1 Å². The molecule has 0 radical (unpaired) electrons. The second-order valence-electron chi connectivity index (χ2n) is 3.20. The Kier molecular flexibility index (Phi) is 2.83. The first kappa shape index (κ1) is 8.47. The Morgan fingerprint density at radius 3 is 3.18 bits per heavy atom. The highest BCUT2D eigenvalue weighted by Gasteiger charge is 2.23. The lowest BCUT2D eigenvalue weighted by Gasteiger charge is -2.27. The van der Waals surface area contributed by atoms with Crippen LogP contribution in [-0.4, -0.2) is 30.8 Å². The maximum atomic E-state index is 11.3. The van der Waals surface area contributed by atoms with Gasteiger partial charge in [0.15, 0.2) is 0 Å². The first-order valence-electron chi connectivity index (χ1n) is 4.06. The maximum Gasteiger partial charge on any atom is 0.138 e. The molecule has 62 valence electrons. The topological polar surface area (TPSA) is 20.3 Å². The van der Waals surface area contributed by atoms with E-state index in [0.717, 1.165) is 25.9 Å². The predicted molar refractivity (Wildman–Crippen MR) is 45.4 cm³/mol. The Morgan fingerprint density at radius 1 is 1.82 bits per heavy atom. The van der Waals surface area contributed by atoms with E-state index in [0.29, 0.717) is 5.78 Å². The zero-order valence-corrected chi connectivity index (χ0v) is 7.05. The van der Waals surface area contributed by atoms with Crippen molar-refractivity contribution in [1.82, 2.24) is 4.90 Å². The normalized spacial score (nSPS) is 27.0. The number of Topliss-reactive ketones (excluding diaryl/α,β-unsaturated/α-hetero) is 1. The van der Waals surface area contributed by atoms with Gasteiger partial charge in [0.05, 0.1) is 0 Å². The van der Waals surface area contributed by atoms with Crippen molar-refractivity contribution in [2.24, 2.45) is 5.92 Å². The van der Waals surface area contributed by atoms with E-state index in [1.807, 2.05) is 6.08 Å². The van der Waals surface area contributed by atoms with Gasteiger partial charge in [0.1, 0.15) is 5.78 Å². The van der Waals surface area contributed by atoms with Gasteiger partial charge in [0.2, 0.25) is 0 Å². The lowest BCUT2D eigenvalue weighted by Crippen LogP contribution is -2.37. The number of ketones is 1. The van der Waals surface area contributed by atoms with Gasteiger partial charge < -0.3 is 4.90 Å². The van der Waals surface area contributed by atoms with Crippen LogP contribution in [-0.2, 0) is 4.79 Å². The lowest BCUT2D eigenvalue weighted by atomic mass is 9.94. The van der Waals surface area contributed by atoms with Crippen LogP contribution in [0.25, 0.3) is 0 Å². The van der Waals surface area contributed by atoms with Crippen molar-refractivity contribution in [1.29, 1.82) is 0 Å². The molecule has 1 saturated heterocycles. The molecule has 0 unspecified atom stereocenters. The first-order chi connectivity index (χ1) is 5.24. The van der Waals surface area contributed by atoms with Crippen molar-refractivity contribution in [3.8, 4) is 0 Å². The molecule has 0 aromatic carbocycles. The van der Waals surface area contributed by atoms with Crippen molar-refractivity contribution in [3.05, 3.63) is 12.7 Å². The van der Waals surface area contributed by atoms with Gasteiger partial charge in [0, 0.05) is 25.4 Å². The second kappa shape index (κ2) is 3.67. The zero-order valence-electron chi connectivity index (χ0n) is 7.05. The fourth-order valence-electron chi connectivity index (χ4n) is 1.48. The molecule has 1 heterocycles. The molecular formula is C9H15NO. The summed E-state index contributed by atoms with van der Waals surface area (Å²) >= 11 is 0. The molecule has 0 aliphatic carbocycles. The van der Waals surface area contributed by atoms with Crippen molar-refractivity contribution in [3.63, 3.8) is 0 Å². The number of nitrogens with zero attached hydrogens (tertiary/aromatic N) is 1. The van der Waals surface area contributed by atoms with E-state index < -0.39 is 0 Å². The van der Waals surface area contributed by atoms with Crippen molar-refractivity contribution < 1.29 is 4.79 Å². The Morgan fingerprint density at radius 2 is 2.55 bits per heavy atom. The van der Waals surface area contributed by atoms with E-state index >= 15 is 0 Å². The molecule has 1 rings (SSSR count). The monoisotopic (exact) mass is 153 g/mol. The van der Waals surface area contributed by atoms with Gasteiger partial charge in [-0.3, -0.25) is 4.79 Å². The molecule has 0 spiro atoms. The molecule has 11 heavy (non-hydrogen) atoms. The summed E-state index contributed by atoms with van der Waals surface area (Å²) in [5, 5.41) is 0. The molecule has 0 N–H and O–H groups in total. The van der Waals surface area contributed by atoms with Crippen LogP contribution in [0, 0.1) is 5.92 Å². The molecule has 0 aromatic heterocycles. The fraction of sp³-hybridized carbons (Fsp3) is 0.667. The number of rotatable bonds is 2. The standard InChI is InChI=1S/C9H15NO/c1-3-4-8-7-10(2)6-5-9(8)11/h3,8H,1,4-7H2,2H3/t8-/m1/s1. The molecule has 0 bridgehead atoms. The fourth-order valence-corrected chi connectivity index (χ4v) is 1.48. The van der Waals surface area contributed by atoms with E-state index in [4.69, 9.17) is 0 Å². The maximum absolute atomic E-state index is 11.3. The molecule has 1 atom stereocenters. The van der Waals surface area contributed by atoms with Gasteiger partial charge in [-0.05, 0) is 13.5 Å². The van der Waals surface area contributed by atoms with Crippen molar-refractivity contribution >= 4 is 5.78 Å². The third-order valence-corrected chi connectivity index (χ3v) is 2.18. The minimum atomic E-state index is 0.214. The van der Waals surface area contributed by atoms with Crippen LogP contribution in [0.1, 0.15) is 12.8 Å². The Balaban J connectivity index is 2.46. The Labute approximate surface area is 67.9 Å². The van der Waals surface area contributed by atoms with E-state index in [2.05, 4.69) is 18.5 Å². The summed E-state index contributed by atoms with van der Waals surface area (Å²) in [6.45, 7) is 5.47. The Hall–Kier alpha value is -0.630. The number of hydrogen-bond acceptors (Lipinski definition) is 2. The van der Waals surface area contributed by atoms with Gasteiger partial charge in [-0.2, -0.15) is 0 Å². The smallest absolute Gasteiger partial charge is 0.138 e.